The number of aliphatic hydroxyl groups is 2. The van der Waals surface area contributed by atoms with Gasteiger partial charge in [-0.05, 0) is 6.92 Å². The number of aromatic amines is 1. The van der Waals surface area contributed by atoms with Gasteiger partial charge in [0.2, 0.25) is 12.2 Å². The number of imidazole rings is 1. The van der Waals surface area contributed by atoms with Crippen LogP contribution in [0.1, 0.15) is 13.2 Å². The molecule has 0 aliphatic carbocycles. The van der Waals surface area contributed by atoms with E-state index in [-0.39, 0.29) is 23.7 Å². The number of hydrogen-bond donors (Lipinski definition) is 4. The minimum absolute atomic E-state index is 0.101. The number of anilines is 1. The average molecular weight is 301 g/mol. The first-order chi connectivity index (χ1) is 9.99. The van der Waals surface area contributed by atoms with E-state index in [0.29, 0.717) is 0 Å². The number of nitrogens with zero attached hydrogens (tertiary/aromatic N) is 3. The predicted octanol–water partition coefficient (Wildman–Crippen LogP) is -1.07. The molecule has 116 valence electrons. The molecule has 0 spiro atoms. The van der Waals surface area contributed by atoms with Crippen LogP contribution in [-0.2, 0) is 4.74 Å². The third kappa shape index (κ3) is 2.86. The van der Waals surface area contributed by atoms with Gasteiger partial charge in [0.15, 0.2) is 11.2 Å². The van der Waals surface area contributed by atoms with Crippen LogP contribution in [0.4, 0.5) is 10.3 Å². The van der Waals surface area contributed by atoms with Gasteiger partial charge in [-0.3, -0.25) is 14.3 Å². The molecule has 0 aliphatic rings. The summed E-state index contributed by atoms with van der Waals surface area (Å²) in [5.41, 5.74) is 4.59. The zero-order chi connectivity index (χ0) is 15.6. The van der Waals surface area contributed by atoms with Crippen LogP contribution < -0.4 is 11.3 Å². The summed E-state index contributed by atoms with van der Waals surface area (Å²) < 4.78 is 20.3. The second-order valence-corrected chi connectivity index (χ2v) is 4.31. The summed E-state index contributed by atoms with van der Waals surface area (Å²) >= 11 is 0. The highest BCUT2D eigenvalue weighted by Gasteiger charge is 2.30. The molecule has 0 fully saturated rings. The number of ether oxygens (including phenoxy) is 1. The monoisotopic (exact) mass is 301 g/mol. The molecular weight excluding hydrogens is 285 g/mol. The van der Waals surface area contributed by atoms with E-state index >= 15 is 0 Å². The van der Waals surface area contributed by atoms with Crippen LogP contribution in [0, 0.1) is 0 Å². The molecular formula is C11H16FN5O4. The molecule has 0 unspecified atom stereocenters. The third-order valence-corrected chi connectivity index (χ3v) is 2.94. The van der Waals surface area contributed by atoms with E-state index in [0.717, 1.165) is 10.9 Å². The van der Waals surface area contributed by atoms with Crippen molar-refractivity contribution in [2.24, 2.45) is 0 Å². The van der Waals surface area contributed by atoms with Crippen LogP contribution in [0.15, 0.2) is 11.1 Å². The van der Waals surface area contributed by atoms with E-state index in [1.807, 2.05) is 0 Å². The summed E-state index contributed by atoms with van der Waals surface area (Å²) in [6, 6.07) is 0. The number of halogens is 1. The number of nitrogen functional groups attached to an aromatic ring is 1. The van der Waals surface area contributed by atoms with Crippen molar-refractivity contribution in [1.82, 2.24) is 19.5 Å². The number of nitrogens with two attached hydrogens (primary N) is 1. The molecule has 0 radical (unpaired) electrons. The lowest BCUT2D eigenvalue weighted by atomic mass is 10.2. The Morgan fingerprint density at radius 2 is 2.33 bits per heavy atom. The average Bonchev–Trinajstić information content (AvgIpc) is 2.87. The maximum atomic E-state index is 14.4. The maximum Gasteiger partial charge on any atom is 0.280 e. The van der Waals surface area contributed by atoms with Gasteiger partial charge in [-0.1, -0.05) is 0 Å². The SMILES string of the molecule is CCO[C@H](CO)[C@@H](O)[C@@H](F)n1cnc2c(=O)[nH]c(N)nc21. The first-order valence-electron chi connectivity index (χ1n) is 6.26. The van der Waals surface area contributed by atoms with E-state index in [2.05, 4.69) is 15.0 Å². The maximum absolute atomic E-state index is 14.4. The highest BCUT2D eigenvalue weighted by atomic mass is 19.1. The minimum atomic E-state index is -2.01. The Balaban J connectivity index is 2.39. The van der Waals surface area contributed by atoms with Gasteiger partial charge in [0, 0.05) is 6.61 Å². The number of alkyl halides is 1. The van der Waals surface area contributed by atoms with Crippen LogP contribution in [-0.4, -0.2) is 55.2 Å². The highest BCUT2D eigenvalue weighted by Crippen LogP contribution is 2.21. The van der Waals surface area contributed by atoms with Crippen molar-refractivity contribution in [2.75, 3.05) is 18.9 Å². The molecule has 0 amide bonds. The van der Waals surface area contributed by atoms with Gasteiger partial charge in [-0.15, -0.1) is 0 Å². The van der Waals surface area contributed by atoms with Crippen molar-refractivity contribution in [3.63, 3.8) is 0 Å². The Morgan fingerprint density at radius 1 is 1.62 bits per heavy atom. The van der Waals surface area contributed by atoms with E-state index < -0.39 is 30.7 Å². The zero-order valence-electron chi connectivity index (χ0n) is 11.2. The standard InChI is InChI=1S/C11H16FN5O4/c1-2-21-5(3-18)7(19)8(12)17-4-14-6-9(17)15-11(13)16-10(6)20/h4-5,7-8,18-19H,2-3H2,1H3,(H3,13,15,16,20)/t5-,7-,8+/m1/s1. The third-order valence-electron chi connectivity index (χ3n) is 2.94. The summed E-state index contributed by atoms with van der Waals surface area (Å²) in [5, 5.41) is 19.0. The summed E-state index contributed by atoms with van der Waals surface area (Å²) in [6.07, 6.45) is -3.75. The van der Waals surface area contributed by atoms with Crippen LogP contribution in [0.2, 0.25) is 0 Å². The van der Waals surface area contributed by atoms with E-state index in [9.17, 15) is 14.3 Å². The summed E-state index contributed by atoms with van der Waals surface area (Å²) in [7, 11) is 0. The van der Waals surface area contributed by atoms with Gasteiger partial charge in [0.1, 0.15) is 12.2 Å². The number of rotatable bonds is 6. The molecule has 0 saturated carbocycles. The lowest BCUT2D eigenvalue weighted by molar-refractivity contribution is -0.101. The first kappa shape index (κ1) is 15.4. The van der Waals surface area contributed by atoms with E-state index in [1.165, 1.54) is 0 Å². The van der Waals surface area contributed by atoms with Crippen LogP contribution in [0.3, 0.4) is 0 Å². The smallest absolute Gasteiger partial charge is 0.280 e. The molecule has 9 nitrogen and oxygen atoms in total. The molecule has 10 heteroatoms. The molecule has 3 atom stereocenters. The number of H-pyrrole nitrogens is 1. The van der Waals surface area contributed by atoms with Gasteiger partial charge in [0.05, 0.1) is 12.9 Å². The molecule has 0 saturated heterocycles. The van der Waals surface area contributed by atoms with Crippen LogP contribution in [0.25, 0.3) is 11.2 Å². The molecule has 2 aromatic heterocycles. The van der Waals surface area contributed by atoms with Gasteiger partial charge in [-0.25, -0.2) is 9.37 Å². The van der Waals surface area contributed by atoms with Gasteiger partial charge in [0.25, 0.3) is 5.56 Å². The largest absolute Gasteiger partial charge is 0.394 e. The van der Waals surface area contributed by atoms with Crippen molar-refractivity contribution < 1.29 is 19.3 Å². The number of aliphatic hydroxyl groups excluding tert-OH is 2. The Kier molecular flexibility index (Phi) is 4.50. The van der Waals surface area contributed by atoms with Crippen molar-refractivity contribution in [3.8, 4) is 0 Å². The second kappa shape index (κ2) is 6.16. The number of nitrogens with one attached hydrogen (secondary N) is 1. The minimum Gasteiger partial charge on any atom is -0.394 e. The molecule has 21 heavy (non-hydrogen) atoms. The fourth-order valence-corrected chi connectivity index (χ4v) is 1.94. The first-order valence-corrected chi connectivity index (χ1v) is 6.26. The van der Waals surface area contributed by atoms with Crippen molar-refractivity contribution in [2.45, 2.75) is 25.4 Å². The molecule has 0 aromatic carbocycles. The van der Waals surface area contributed by atoms with Crippen LogP contribution >= 0.6 is 0 Å². The predicted molar refractivity (Wildman–Crippen MR) is 71.2 cm³/mol. The Morgan fingerprint density at radius 3 is 2.95 bits per heavy atom. The van der Waals surface area contributed by atoms with Crippen molar-refractivity contribution in [1.29, 1.82) is 0 Å². The quantitative estimate of drug-likeness (QED) is 0.532. The molecule has 5 N–H and O–H groups in total. The number of aromatic nitrogens is 4. The fourth-order valence-electron chi connectivity index (χ4n) is 1.94. The van der Waals surface area contributed by atoms with Crippen molar-refractivity contribution >= 4 is 17.1 Å². The van der Waals surface area contributed by atoms with E-state index in [1.54, 1.807) is 6.92 Å². The zero-order valence-corrected chi connectivity index (χ0v) is 11.2. The second-order valence-electron chi connectivity index (χ2n) is 4.31. The molecule has 0 bridgehead atoms. The molecule has 2 heterocycles. The lowest BCUT2D eigenvalue weighted by Gasteiger charge is -2.24. The summed E-state index contributed by atoms with van der Waals surface area (Å²) in [5.74, 6) is -0.195. The van der Waals surface area contributed by atoms with E-state index in [4.69, 9.17) is 15.6 Å². The Hall–Kier alpha value is -2.04. The van der Waals surface area contributed by atoms with Gasteiger partial charge in [-0.2, -0.15) is 4.98 Å². The summed E-state index contributed by atoms with van der Waals surface area (Å²) in [4.78, 5) is 21.4. The number of fused-ring (bicyclic) bond motifs is 1. The number of hydrogen-bond acceptors (Lipinski definition) is 7. The van der Waals surface area contributed by atoms with Gasteiger partial charge < -0.3 is 20.7 Å². The summed E-state index contributed by atoms with van der Waals surface area (Å²) in [6.45, 7) is 1.29. The molecule has 2 rings (SSSR count). The van der Waals surface area contributed by atoms with Crippen molar-refractivity contribution in [3.05, 3.63) is 16.7 Å². The normalized spacial score (nSPS) is 16.0. The molecule has 0 aliphatic heterocycles. The van der Waals surface area contributed by atoms with Crippen LogP contribution in [0.5, 0.6) is 0 Å². The van der Waals surface area contributed by atoms with Gasteiger partial charge >= 0.3 is 0 Å². The Bertz CT molecular complexity index is 672. The molecule has 2 aromatic rings. The highest BCUT2D eigenvalue weighted by molar-refractivity contribution is 5.70. The lowest BCUT2D eigenvalue weighted by Crippen LogP contribution is -2.37. The Labute approximate surface area is 118 Å². The topological polar surface area (TPSA) is 139 Å². The fraction of sp³-hybridized carbons (Fsp3) is 0.545.